The summed E-state index contributed by atoms with van der Waals surface area (Å²) in [4.78, 5) is 11.3. The minimum absolute atomic E-state index is 0.172. The maximum absolute atomic E-state index is 11.3. The molecule has 0 radical (unpaired) electrons. The number of nitrogens with zero attached hydrogens (tertiary/aromatic N) is 1. The molecule has 2 N–H and O–H groups in total. The Kier molecular flexibility index (Phi) is 6.86. The number of ether oxygens (including phenoxy) is 2. The van der Waals surface area contributed by atoms with E-state index in [9.17, 15) is 9.90 Å². The molecule has 25 heavy (non-hydrogen) atoms. The molecule has 2 rings (SSSR count). The smallest absolute Gasteiger partial charge is 0.335 e. The van der Waals surface area contributed by atoms with Crippen LogP contribution in [0.5, 0.6) is 11.5 Å². The Balaban J connectivity index is 1.94. The summed E-state index contributed by atoms with van der Waals surface area (Å²) in [6.07, 6.45) is 3.64. The van der Waals surface area contributed by atoms with E-state index < -0.39 is 5.97 Å². The van der Waals surface area contributed by atoms with Gasteiger partial charge in [-0.3, -0.25) is 5.10 Å². The fraction of sp³-hybridized carbons (Fsp3) is 0.474. The number of carboxylic acid groups (broad SMARTS) is 1. The monoisotopic (exact) mass is 346 g/mol. The lowest BCUT2D eigenvalue weighted by molar-refractivity contribution is 0.0695. The molecule has 6 nitrogen and oxygen atoms in total. The molecule has 0 aliphatic carbocycles. The van der Waals surface area contributed by atoms with Gasteiger partial charge in [-0.2, -0.15) is 5.10 Å². The molecule has 0 spiro atoms. The highest BCUT2D eigenvalue weighted by Gasteiger charge is 2.10. The van der Waals surface area contributed by atoms with Crippen molar-refractivity contribution in [3.05, 3.63) is 40.7 Å². The summed E-state index contributed by atoms with van der Waals surface area (Å²) in [6.45, 7) is 7.14. The number of aryl methyl sites for hydroxylation is 2. The number of hydrogen-bond donors (Lipinski definition) is 2. The number of rotatable bonds is 10. The quantitative estimate of drug-likeness (QED) is 0.637. The molecule has 1 aromatic carbocycles. The summed E-state index contributed by atoms with van der Waals surface area (Å²) in [7, 11) is 0. The van der Waals surface area contributed by atoms with E-state index in [4.69, 9.17) is 9.47 Å². The van der Waals surface area contributed by atoms with Gasteiger partial charge >= 0.3 is 5.97 Å². The van der Waals surface area contributed by atoms with Crippen molar-refractivity contribution in [2.24, 2.45) is 0 Å². The van der Waals surface area contributed by atoms with E-state index in [0.717, 1.165) is 37.1 Å². The Morgan fingerprint density at radius 1 is 1.12 bits per heavy atom. The molecule has 6 heteroatoms. The maximum atomic E-state index is 11.3. The SMILES string of the molecule is CCCCOc1cc(OCCCc2c(C)n[nH]c2C)cc(C(=O)O)c1. The van der Waals surface area contributed by atoms with Crippen LogP contribution >= 0.6 is 0 Å². The topological polar surface area (TPSA) is 84.4 Å². The van der Waals surface area contributed by atoms with Crippen LogP contribution in [0.25, 0.3) is 0 Å². The van der Waals surface area contributed by atoms with E-state index in [-0.39, 0.29) is 5.56 Å². The summed E-state index contributed by atoms with van der Waals surface area (Å²) < 4.78 is 11.4. The first-order chi connectivity index (χ1) is 12.0. The van der Waals surface area contributed by atoms with Crippen LogP contribution in [0, 0.1) is 13.8 Å². The zero-order chi connectivity index (χ0) is 18.2. The van der Waals surface area contributed by atoms with Crippen molar-refractivity contribution in [3.63, 3.8) is 0 Å². The van der Waals surface area contributed by atoms with Gasteiger partial charge < -0.3 is 14.6 Å². The van der Waals surface area contributed by atoms with Crippen molar-refractivity contribution in [3.8, 4) is 11.5 Å². The van der Waals surface area contributed by atoms with Gasteiger partial charge in [-0.15, -0.1) is 0 Å². The average Bonchev–Trinajstić information content (AvgIpc) is 2.90. The number of unbranched alkanes of at least 4 members (excludes halogenated alkanes) is 1. The van der Waals surface area contributed by atoms with Crippen LogP contribution in [0.2, 0.25) is 0 Å². The first kappa shape index (κ1) is 18.8. The summed E-state index contributed by atoms with van der Waals surface area (Å²) in [5.74, 6) is 0.0624. The fourth-order valence-electron chi connectivity index (χ4n) is 2.58. The van der Waals surface area contributed by atoms with Gasteiger partial charge in [0.05, 0.1) is 24.5 Å². The predicted molar refractivity (Wildman–Crippen MR) is 95.7 cm³/mol. The van der Waals surface area contributed by atoms with Crippen molar-refractivity contribution >= 4 is 5.97 Å². The highest BCUT2D eigenvalue weighted by Crippen LogP contribution is 2.24. The Hall–Kier alpha value is -2.50. The molecular weight excluding hydrogens is 320 g/mol. The number of aromatic nitrogens is 2. The highest BCUT2D eigenvalue weighted by molar-refractivity contribution is 5.88. The number of H-pyrrole nitrogens is 1. The number of carbonyl (C=O) groups is 1. The van der Waals surface area contributed by atoms with E-state index in [2.05, 4.69) is 17.1 Å². The van der Waals surface area contributed by atoms with E-state index >= 15 is 0 Å². The zero-order valence-corrected chi connectivity index (χ0v) is 15.1. The van der Waals surface area contributed by atoms with Crippen molar-refractivity contribution < 1.29 is 19.4 Å². The summed E-state index contributed by atoms with van der Waals surface area (Å²) in [5.41, 5.74) is 3.48. The number of hydrogen-bond acceptors (Lipinski definition) is 4. The second kappa shape index (κ2) is 9.11. The zero-order valence-electron chi connectivity index (χ0n) is 15.1. The van der Waals surface area contributed by atoms with Crippen molar-refractivity contribution in [1.29, 1.82) is 0 Å². The molecule has 0 aliphatic rings. The van der Waals surface area contributed by atoms with Crippen LogP contribution < -0.4 is 9.47 Å². The molecule has 0 saturated heterocycles. The Morgan fingerprint density at radius 2 is 1.76 bits per heavy atom. The molecule has 0 fully saturated rings. The maximum Gasteiger partial charge on any atom is 0.335 e. The number of nitrogens with one attached hydrogen (secondary N) is 1. The molecule has 0 amide bonds. The normalized spacial score (nSPS) is 10.7. The summed E-state index contributed by atoms with van der Waals surface area (Å²) >= 11 is 0. The van der Waals surface area contributed by atoms with Gasteiger partial charge in [0.25, 0.3) is 0 Å². The third-order valence-electron chi connectivity index (χ3n) is 4.01. The second-order valence-corrected chi connectivity index (χ2v) is 6.06. The molecule has 1 aromatic heterocycles. The van der Waals surface area contributed by atoms with Crippen LogP contribution in [0.1, 0.15) is 53.5 Å². The molecule has 0 aliphatic heterocycles. The third kappa shape index (κ3) is 5.52. The van der Waals surface area contributed by atoms with Gasteiger partial charge in [0.2, 0.25) is 0 Å². The van der Waals surface area contributed by atoms with E-state index in [1.54, 1.807) is 6.07 Å². The predicted octanol–water partition coefficient (Wildman–Crippen LogP) is 3.92. The van der Waals surface area contributed by atoms with E-state index in [1.807, 2.05) is 13.8 Å². The van der Waals surface area contributed by atoms with E-state index in [1.165, 1.54) is 17.7 Å². The van der Waals surface area contributed by atoms with Crippen LogP contribution in [-0.2, 0) is 6.42 Å². The van der Waals surface area contributed by atoms with Gasteiger partial charge in [0, 0.05) is 11.8 Å². The molecule has 136 valence electrons. The molecule has 0 bridgehead atoms. The minimum atomic E-state index is -0.990. The van der Waals surface area contributed by atoms with Gasteiger partial charge in [0.15, 0.2) is 0 Å². The average molecular weight is 346 g/mol. The van der Waals surface area contributed by atoms with Crippen molar-refractivity contribution in [2.75, 3.05) is 13.2 Å². The molecule has 2 aromatic rings. The number of carboxylic acids is 1. The minimum Gasteiger partial charge on any atom is -0.493 e. The summed E-state index contributed by atoms with van der Waals surface area (Å²) in [6, 6.07) is 4.81. The van der Waals surface area contributed by atoms with Crippen LogP contribution in [0.15, 0.2) is 18.2 Å². The lowest BCUT2D eigenvalue weighted by atomic mass is 10.1. The molecule has 0 atom stereocenters. The first-order valence-electron chi connectivity index (χ1n) is 8.65. The van der Waals surface area contributed by atoms with Crippen LogP contribution in [-0.4, -0.2) is 34.5 Å². The summed E-state index contributed by atoms with van der Waals surface area (Å²) in [5, 5.41) is 16.4. The fourth-order valence-corrected chi connectivity index (χ4v) is 2.58. The molecular formula is C19H26N2O4. The van der Waals surface area contributed by atoms with Gasteiger partial charge in [-0.05, 0) is 50.8 Å². The largest absolute Gasteiger partial charge is 0.493 e. The lowest BCUT2D eigenvalue weighted by Crippen LogP contribution is -2.04. The van der Waals surface area contributed by atoms with Crippen molar-refractivity contribution in [1.82, 2.24) is 10.2 Å². The van der Waals surface area contributed by atoms with Crippen LogP contribution in [0.4, 0.5) is 0 Å². The lowest BCUT2D eigenvalue weighted by Gasteiger charge is -2.11. The van der Waals surface area contributed by atoms with Crippen LogP contribution in [0.3, 0.4) is 0 Å². The Morgan fingerprint density at radius 3 is 2.28 bits per heavy atom. The molecule has 0 unspecified atom stereocenters. The Labute approximate surface area is 148 Å². The van der Waals surface area contributed by atoms with Gasteiger partial charge in [-0.25, -0.2) is 4.79 Å². The van der Waals surface area contributed by atoms with Crippen molar-refractivity contribution in [2.45, 2.75) is 46.5 Å². The standard InChI is InChI=1S/C19H26N2O4/c1-4-5-8-24-16-10-15(19(22)23)11-17(12-16)25-9-6-7-18-13(2)20-21-14(18)3/h10-12H,4-9H2,1-3H3,(H,20,21)(H,22,23). The molecule has 1 heterocycles. The van der Waals surface area contributed by atoms with Gasteiger partial charge in [-0.1, -0.05) is 13.3 Å². The highest BCUT2D eigenvalue weighted by atomic mass is 16.5. The van der Waals surface area contributed by atoms with Gasteiger partial charge in [0.1, 0.15) is 11.5 Å². The third-order valence-corrected chi connectivity index (χ3v) is 4.01. The first-order valence-corrected chi connectivity index (χ1v) is 8.65. The number of aromatic carboxylic acids is 1. The number of aromatic amines is 1. The second-order valence-electron chi connectivity index (χ2n) is 6.06. The Bertz CT molecular complexity index is 690. The molecule has 0 saturated carbocycles. The number of benzene rings is 1. The van der Waals surface area contributed by atoms with E-state index in [0.29, 0.717) is 24.7 Å².